The van der Waals surface area contributed by atoms with E-state index in [4.69, 9.17) is 4.74 Å². The lowest BCUT2D eigenvalue weighted by molar-refractivity contribution is 0.0825. The van der Waals surface area contributed by atoms with Crippen LogP contribution in [0.5, 0.6) is 11.6 Å². The average molecular weight is 505 g/mol. The number of fused-ring (bicyclic) bond motifs is 1. The fourth-order valence-corrected chi connectivity index (χ4v) is 4.27. The van der Waals surface area contributed by atoms with Crippen LogP contribution in [0.15, 0.2) is 42.9 Å². The lowest BCUT2D eigenvalue weighted by Gasteiger charge is -2.27. The molecule has 0 bridgehead atoms. The van der Waals surface area contributed by atoms with Crippen molar-refractivity contribution in [1.29, 1.82) is 0 Å². The number of nitrogens with one attached hydrogen (secondary N) is 3. The molecule has 1 fully saturated rings. The van der Waals surface area contributed by atoms with E-state index in [-0.39, 0.29) is 23.0 Å². The highest BCUT2D eigenvalue weighted by Crippen LogP contribution is 2.33. The Balaban J connectivity index is 1.42. The summed E-state index contributed by atoms with van der Waals surface area (Å²) in [5, 5.41) is 6.85. The highest BCUT2D eigenvalue weighted by atomic mass is 19.1. The zero-order chi connectivity index (χ0) is 25.9. The predicted octanol–water partition coefficient (Wildman–Crippen LogP) is 3.44. The number of nitrogens with zero attached hydrogens (tertiary/aromatic N) is 5. The van der Waals surface area contributed by atoms with Crippen molar-refractivity contribution in [3.8, 4) is 11.6 Å². The molecule has 0 radical (unpaired) electrons. The third-order valence-electron chi connectivity index (χ3n) is 6.16. The highest BCUT2D eigenvalue weighted by molar-refractivity contribution is 6.01. The number of halogens is 1. The van der Waals surface area contributed by atoms with Crippen molar-refractivity contribution in [2.45, 2.75) is 13.5 Å². The Morgan fingerprint density at radius 1 is 1.16 bits per heavy atom. The topological polar surface area (TPSA) is 111 Å². The third-order valence-corrected chi connectivity index (χ3v) is 6.16. The molecule has 0 unspecified atom stereocenters. The molecular formula is C26H29FN8O2. The number of benzene rings is 1. The number of aromatic nitrogens is 4. The van der Waals surface area contributed by atoms with Gasteiger partial charge < -0.3 is 25.3 Å². The Hall–Kier alpha value is -4.09. The Morgan fingerprint density at radius 2 is 1.97 bits per heavy atom. The summed E-state index contributed by atoms with van der Waals surface area (Å²) in [7, 11) is 3.22. The van der Waals surface area contributed by atoms with Gasteiger partial charge in [0.1, 0.15) is 17.7 Å². The largest absolute Gasteiger partial charge is 0.435 e. The Kier molecular flexibility index (Phi) is 6.97. The molecule has 0 spiro atoms. The second-order valence-electron chi connectivity index (χ2n) is 9.20. The van der Waals surface area contributed by atoms with Crippen LogP contribution in [-0.4, -0.2) is 75.9 Å². The van der Waals surface area contributed by atoms with Crippen LogP contribution in [0.25, 0.3) is 10.9 Å². The summed E-state index contributed by atoms with van der Waals surface area (Å²) in [4.78, 5) is 32.9. The lowest BCUT2D eigenvalue weighted by Crippen LogP contribution is -2.42. The van der Waals surface area contributed by atoms with Gasteiger partial charge in [0.05, 0.1) is 0 Å². The van der Waals surface area contributed by atoms with E-state index in [1.165, 1.54) is 17.3 Å². The molecule has 3 N–H and O–H groups in total. The second kappa shape index (κ2) is 10.5. The maximum atomic E-state index is 15.2. The van der Waals surface area contributed by atoms with Gasteiger partial charge in [0, 0.05) is 69.6 Å². The van der Waals surface area contributed by atoms with Crippen LogP contribution in [0, 0.1) is 12.7 Å². The van der Waals surface area contributed by atoms with E-state index in [0.717, 1.165) is 44.0 Å². The van der Waals surface area contributed by atoms with E-state index < -0.39 is 11.7 Å². The van der Waals surface area contributed by atoms with Gasteiger partial charge in [-0.3, -0.25) is 9.69 Å². The minimum Gasteiger partial charge on any atom is -0.435 e. The molecule has 1 amide bonds. The standard InChI is InChI=1S/C26H29FN8O2/c1-16-12-18-19(32-16)5-6-20(23(18)27)37-25-22(26(36)34(2)3)24(30-15-31-25)33-21-7-4-17(13-29-21)14-35-10-8-28-9-11-35/h4-7,12-13,15,28,32H,8-11,14H2,1-3H3,(H,29,30,31,33). The number of hydrogen-bond acceptors (Lipinski definition) is 8. The van der Waals surface area contributed by atoms with Crippen LogP contribution in [0.3, 0.4) is 0 Å². The molecular weight excluding hydrogens is 475 g/mol. The minimum absolute atomic E-state index is 0.0423. The summed E-state index contributed by atoms with van der Waals surface area (Å²) < 4.78 is 21.0. The van der Waals surface area contributed by atoms with Crippen molar-refractivity contribution in [2.75, 3.05) is 45.6 Å². The number of rotatable bonds is 7. The van der Waals surface area contributed by atoms with E-state index >= 15 is 4.39 Å². The number of carbonyl (C=O) groups is 1. The zero-order valence-corrected chi connectivity index (χ0v) is 21.0. The van der Waals surface area contributed by atoms with Crippen molar-refractivity contribution >= 4 is 28.4 Å². The summed E-state index contributed by atoms with van der Waals surface area (Å²) in [6.07, 6.45) is 3.07. The monoisotopic (exact) mass is 504 g/mol. The molecule has 1 aliphatic heterocycles. The minimum atomic E-state index is -0.542. The van der Waals surface area contributed by atoms with Crippen molar-refractivity contribution in [3.05, 3.63) is 65.5 Å². The number of H-pyrrole nitrogens is 1. The molecule has 4 heterocycles. The van der Waals surface area contributed by atoms with Gasteiger partial charge in [-0.25, -0.2) is 19.3 Å². The molecule has 0 aliphatic carbocycles. The van der Waals surface area contributed by atoms with E-state index in [1.54, 1.807) is 32.4 Å². The molecule has 37 heavy (non-hydrogen) atoms. The summed E-state index contributed by atoms with van der Waals surface area (Å²) in [5.74, 6) is -0.314. The van der Waals surface area contributed by atoms with Crippen LogP contribution in [0.1, 0.15) is 21.6 Å². The third kappa shape index (κ3) is 5.37. The van der Waals surface area contributed by atoms with E-state index in [2.05, 4.69) is 35.5 Å². The molecule has 4 aromatic rings. The zero-order valence-electron chi connectivity index (χ0n) is 21.0. The van der Waals surface area contributed by atoms with Gasteiger partial charge in [-0.2, -0.15) is 0 Å². The van der Waals surface area contributed by atoms with Crippen molar-refractivity contribution in [1.82, 2.24) is 35.1 Å². The van der Waals surface area contributed by atoms with Crippen LogP contribution >= 0.6 is 0 Å². The molecule has 1 aliphatic rings. The van der Waals surface area contributed by atoms with Gasteiger partial charge in [0.15, 0.2) is 17.4 Å². The van der Waals surface area contributed by atoms with E-state index in [9.17, 15) is 4.79 Å². The lowest BCUT2D eigenvalue weighted by atomic mass is 10.2. The molecule has 0 atom stereocenters. The van der Waals surface area contributed by atoms with Gasteiger partial charge in [-0.1, -0.05) is 6.07 Å². The second-order valence-corrected chi connectivity index (χ2v) is 9.20. The molecule has 3 aromatic heterocycles. The number of carbonyl (C=O) groups excluding carboxylic acids is 1. The number of ether oxygens (including phenoxy) is 1. The number of piperazine rings is 1. The van der Waals surface area contributed by atoms with Crippen molar-refractivity contribution in [2.24, 2.45) is 0 Å². The maximum Gasteiger partial charge on any atom is 0.262 e. The van der Waals surface area contributed by atoms with Crippen molar-refractivity contribution in [3.63, 3.8) is 0 Å². The van der Waals surface area contributed by atoms with E-state index in [0.29, 0.717) is 16.7 Å². The van der Waals surface area contributed by atoms with Gasteiger partial charge in [0.25, 0.3) is 5.91 Å². The average Bonchev–Trinajstić information content (AvgIpc) is 3.28. The van der Waals surface area contributed by atoms with Crippen LogP contribution in [-0.2, 0) is 6.54 Å². The normalized spacial score (nSPS) is 14.1. The van der Waals surface area contributed by atoms with Gasteiger partial charge in [-0.15, -0.1) is 0 Å². The SMILES string of the molecule is Cc1cc2c(F)c(Oc3ncnc(Nc4ccc(CN5CCNCC5)cn4)c3C(=O)N(C)C)ccc2[nH]1. The van der Waals surface area contributed by atoms with Crippen LogP contribution in [0.4, 0.5) is 16.0 Å². The Bertz CT molecular complexity index is 1410. The molecule has 11 heteroatoms. The maximum absolute atomic E-state index is 15.2. The summed E-state index contributed by atoms with van der Waals surface area (Å²) >= 11 is 0. The summed E-state index contributed by atoms with van der Waals surface area (Å²) in [6, 6.07) is 8.76. The molecule has 5 rings (SSSR count). The first kappa shape index (κ1) is 24.6. The van der Waals surface area contributed by atoms with Crippen molar-refractivity contribution < 1.29 is 13.9 Å². The van der Waals surface area contributed by atoms with Gasteiger partial charge >= 0.3 is 0 Å². The van der Waals surface area contributed by atoms with Crippen LogP contribution < -0.4 is 15.4 Å². The summed E-state index contributed by atoms with van der Waals surface area (Å²) in [5.41, 5.74) is 2.65. The first-order chi connectivity index (χ1) is 17.9. The molecule has 1 aromatic carbocycles. The number of aromatic amines is 1. The van der Waals surface area contributed by atoms with E-state index in [1.807, 2.05) is 19.1 Å². The fraction of sp³-hybridized carbons (Fsp3) is 0.308. The number of amides is 1. The summed E-state index contributed by atoms with van der Waals surface area (Å²) in [6.45, 7) is 6.63. The molecule has 192 valence electrons. The molecule has 10 nitrogen and oxygen atoms in total. The van der Waals surface area contributed by atoms with Crippen LogP contribution in [0.2, 0.25) is 0 Å². The predicted molar refractivity (Wildman–Crippen MR) is 139 cm³/mol. The van der Waals surface area contributed by atoms with Gasteiger partial charge in [-0.05, 0) is 36.8 Å². The smallest absolute Gasteiger partial charge is 0.262 e. The Labute approximate surface area is 213 Å². The quantitative estimate of drug-likeness (QED) is 0.351. The highest BCUT2D eigenvalue weighted by Gasteiger charge is 2.24. The van der Waals surface area contributed by atoms with Gasteiger partial charge in [0.2, 0.25) is 5.88 Å². The fourth-order valence-electron chi connectivity index (χ4n) is 4.27. The first-order valence-electron chi connectivity index (χ1n) is 12.1. The number of aryl methyl sites for hydroxylation is 1. The Morgan fingerprint density at radius 3 is 2.70 bits per heavy atom. The number of hydrogen-bond donors (Lipinski definition) is 3. The molecule has 1 saturated heterocycles. The first-order valence-corrected chi connectivity index (χ1v) is 12.1. The molecule has 0 saturated carbocycles. The number of anilines is 2. The number of pyridine rings is 1.